The van der Waals surface area contributed by atoms with Gasteiger partial charge in [-0.25, -0.2) is 0 Å². The Morgan fingerprint density at radius 2 is 1.90 bits per heavy atom. The Morgan fingerprint density at radius 3 is 2.62 bits per heavy atom. The SMILES string of the molecule is CNCCCC(=O)NCCNC(=O)c1cccc(OC)c1. The third-order valence-corrected chi connectivity index (χ3v) is 2.90. The second-order valence-corrected chi connectivity index (χ2v) is 4.54. The van der Waals surface area contributed by atoms with Crippen LogP contribution in [0.5, 0.6) is 5.75 Å². The average Bonchev–Trinajstić information content (AvgIpc) is 2.51. The highest BCUT2D eigenvalue weighted by atomic mass is 16.5. The van der Waals surface area contributed by atoms with Gasteiger partial charge >= 0.3 is 0 Å². The maximum Gasteiger partial charge on any atom is 0.251 e. The van der Waals surface area contributed by atoms with Gasteiger partial charge in [0, 0.05) is 25.1 Å². The molecule has 116 valence electrons. The zero-order valence-electron chi connectivity index (χ0n) is 12.6. The second-order valence-electron chi connectivity index (χ2n) is 4.54. The van der Waals surface area contributed by atoms with Crippen LogP contribution in [0.3, 0.4) is 0 Å². The molecule has 3 N–H and O–H groups in total. The predicted molar refractivity (Wildman–Crippen MR) is 81.5 cm³/mol. The number of benzene rings is 1. The fraction of sp³-hybridized carbons (Fsp3) is 0.467. The van der Waals surface area contributed by atoms with Gasteiger partial charge in [0.1, 0.15) is 5.75 Å². The predicted octanol–water partition coefficient (Wildman–Crippen LogP) is 0.541. The molecule has 0 aliphatic rings. The molecular weight excluding hydrogens is 270 g/mol. The van der Waals surface area contributed by atoms with E-state index in [-0.39, 0.29) is 11.8 Å². The highest BCUT2D eigenvalue weighted by Crippen LogP contribution is 2.11. The van der Waals surface area contributed by atoms with Crippen LogP contribution in [-0.2, 0) is 4.79 Å². The molecule has 0 heterocycles. The Kier molecular flexibility index (Phi) is 7.89. The van der Waals surface area contributed by atoms with E-state index in [2.05, 4.69) is 16.0 Å². The molecule has 0 aliphatic heterocycles. The minimum atomic E-state index is -0.182. The van der Waals surface area contributed by atoms with E-state index in [4.69, 9.17) is 4.74 Å². The molecule has 0 aliphatic carbocycles. The van der Waals surface area contributed by atoms with Gasteiger partial charge in [-0.1, -0.05) is 6.07 Å². The molecule has 0 fully saturated rings. The van der Waals surface area contributed by atoms with Crippen molar-refractivity contribution >= 4 is 11.8 Å². The Bertz CT molecular complexity index is 463. The van der Waals surface area contributed by atoms with E-state index in [1.54, 1.807) is 31.4 Å². The summed E-state index contributed by atoms with van der Waals surface area (Å²) in [7, 11) is 3.41. The van der Waals surface area contributed by atoms with Crippen molar-refractivity contribution in [2.45, 2.75) is 12.8 Å². The molecule has 1 rings (SSSR count). The fourth-order valence-electron chi connectivity index (χ4n) is 1.76. The Balaban J connectivity index is 2.22. The summed E-state index contributed by atoms with van der Waals surface area (Å²) >= 11 is 0. The van der Waals surface area contributed by atoms with Gasteiger partial charge in [-0.3, -0.25) is 9.59 Å². The second kappa shape index (κ2) is 9.77. The van der Waals surface area contributed by atoms with E-state index in [9.17, 15) is 9.59 Å². The lowest BCUT2D eigenvalue weighted by Gasteiger charge is -2.08. The molecule has 0 spiro atoms. The van der Waals surface area contributed by atoms with Gasteiger partial charge in [0.2, 0.25) is 5.91 Å². The molecule has 0 bridgehead atoms. The first-order valence-corrected chi connectivity index (χ1v) is 7.01. The van der Waals surface area contributed by atoms with Crippen molar-refractivity contribution in [2.75, 3.05) is 33.8 Å². The summed E-state index contributed by atoms with van der Waals surface area (Å²) in [6.45, 7) is 1.64. The van der Waals surface area contributed by atoms with E-state index in [0.717, 1.165) is 13.0 Å². The summed E-state index contributed by atoms with van der Waals surface area (Å²) in [6.07, 6.45) is 1.29. The molecule has 21 heavy (non-hydrogen) atoms. The monoisotopic (exact) mass is 293 g/mol. The lowest BCUT2D eigenvalue weighted by molar-refractivity contribution is -0.121. The zero-order chi connectivity index (χ0) is 15.5. The highest BCUT2D eigenvalue weighted by Gasteiger charge is 2.06. The molecule has 0 saturated carbocycles. The topological polar surface area (TPSA) is 79.5 Å². The first kappa shape index (κ1) is 17.0. The molecule has 6 nitrogen and oxygen atoms in total. The van der Waals surface area contributed by atoms with E-state index in [1.165, 1.54) is 0 Å². The number of carbonyl (C=O) groups is 2. The van der Waals surface area contributed by atoms with Crippen molar-refractivity contribution in [3.8, 4) is 5.75 Å². The standard InChI is InChI=1S/C15H23N3O3/c1-16-8-4-7-14(19)17-9-10-18-15(20)12-5-3-6-13(11-12)21-2/h3,5-6,11,16H,4,7-10H2,1-2H3,(H,17,19)(H,18,20). The summed E-state index contributed by atoms with van der Waals surface area (Å²) in [5.41, 5.74) is 0.537. The molecule has 1 aromatic carbocycles. The summed E-state index contributed by atoms with van der Waals surface area (Å²) in [5, 5.41) is 8.50. The minimum Gasteiger partial charge on any atom is -0.497 e. The van der Waals surface area contributed by atoms with Gasteiger partial charge in [0.15, 0.2) is 0 Å². The van der Waals surface area contributed by atoms with E-state index < -0.39 is 0 Å². The fourth-order valence-corrected chi connectivity index (χ4v) is 1.76. The van der Waals surface area contributed by atoms with Crippen molar-refractivity contribution in [1.82, 2.24) is 16.0 Å². The van der Waals surface area contributed by atoms with Crippen LogP contribution in [0.4, 0.5) is 0 Å². The van der Waals surface area contributed by atoms with Gasteiger partial charge in [0.05, 0.1) is 7.11 Å². The third-order valence-electron chi connectivity index (χ3n) is 2.90. The minimum absolute atomic E-state index is 0.000814. The number of nitrogens with one attached hydrogen (secondary N) is 3. The number of ether oxygens (including phenoxy) is 1. The summed E-state index contributed by atoms with van der Waals surface area (Å²) < 4.78 is 5.07. The van der Waals surface area contributed by atoms with Gasteiger partial charge < -0.3 is 20.7 Å². The van der Waals surface area contributed by atoms with Gasteiger partial charge in [0.25, 0.3) is 5.91 Å². The van der Waals surface area contributed by atoms with Crippen LogP contribution in [0, 0.1) is 0 Å². The molecule has 0 aromatic heterocycles. The van der Waals surface area contributed by atoms with Crippen LogP contribution in [0.1, 0.15) is 23.2 Å². The first-order valence-electron chi connectivity index (χ1n) is 7.01. The molecule has 0 atom stereocenters. The van der Waals surface area contributed by atoms with Crippen molar-refractivity contribution in [3.63, 3.8) is 0 Å². The van der Waals surface area contributed by atoms with Gasteiger partial charge in [-0.2, -0.15) is 0 Å². The van der Waals surface area contributed by atoms with E-state index in [1.807, 2.05) is 7.05 Å². The van der Waals surface area contributed by atoms with Crippen molar-refractivity contribution in [2.24, 2.45) is 0 Å². The molecule has 2 amide bonds. The molecule has 6 heteroatoms. The van der Waals surface area contributed by atoms with Crippen LogP contribution in [0.25, 0.3) is 0 Å². The first-order chi connectivity index (χ1) is 10.2. The van der Waals surface area contributed by atoms with Crippen molar-refractivity contribution in [1.29, 1.82) is 0 Å². The summed E-state index contributed by atoms with van der Waals surface area (Å²) in [4.78, 5) is 23.3. The van der Waals surface area contributed by atoms with Crippen LogP contribution in [0.15, 0.2) is 24.3 Å². The van der Waals surface area contributed by atoms with Crippen LogP contribution >= 0.6 is 0 Å². The maximum absolute atomic E-state index is 11.9. The van der Waals surface area contributed by atoms with E-state index in [0.29, 0.717) is 30.8 Å². The number of hydrogen-bond acceptors (Lipinski definition) is 4. The number of carbonyl (C=O) groups excluding carboxylic acids is 2. The van der Waals surface area contributed by atoms with Crippen LogP contribution in [0.2, 0.25) is 0 Å². The molecular formula is C15H23N3O3. The molecule has 1 aromatic rings. The van der Waals surface area contributed by atoms with Gasteiger partial charge in [-0.15, -0.1) is 0 Å². The normalized spacial score (nSPS) is 10.0. The molecule has 0 unspecified atom stereocenters. The molecule has 0 radical (unpaired) electrons. The summed E-state index contributed by atoms with van der Waals surface area (Å²) in [6, 6.07) is 6.93. The van der Waals surface area contributed by atoms with E-state index >= 15 is 0 Å². The van der Waals surface area contributed by atoms with Crippen molar-refractivity contribution < 1.29 is 14.3 Å². The lowest BCUT2D eigenvalue weighted by atomic mass is 10.2. The maximum atomic E-state index is 11.9. The highest BCUT2D eigenvalue weighted by molar-refractivity contribution is 5.94. The zero-order valence-corrected chi connectivity index (χ0v) is 12.6. The average molecular weight is 293 g/mol. The quantitative estimate of drug-likeness (QED) is 0.581. The lowest BCUT2D eigenvalue weighted by Crippen LogP contribution is -2.34. The number of amides is 2. The Morgan fingerprint density at radius 1 is 1.14 bits per heavy atom. The largest absolute Gasteiger partial charge is 0.497 e. The third kappa shape index (κ3) is 6.76. The Hall–Kier alpha value is -2.08. The molecule has 0 saturated heterocycles. The van der Waals surface area contributed by atoms with Crippen LogP contribution in [-0.4, -0.2) is 45.6 Å². The number of methoxy groups -OCH3 is 1. The van der Waals surface area contributed by atoms with Gasteiger partial charge in [-0.05, 0) is 38.2 Å². The smallest absolute Gasteiger partial charge is 0.251 e. The summed E-state index contributed by atoms with van der Waals surface area (Å²) in [5.74, 6) is 0.458. The Labute approximate surface area is 125 Å². The number of rotatable bonds is 9. The number of hydrogen-bond donors (Lipinski definition) is 3. The van der Waals surface area contributed by atoms with Crippen molar-refractivity contribution in [3.05, 3.63) is 29.8 Å². The van der Waals surface area contributed by atoms with Crippen LogP contribution < -0.4 is 20.7 Å².